The van der Waals surface area contributed by atoms with Gasteiger partial charge < -0.3 is 9.64 Å². The topological polar surface area (TPSA) is 59.3 Å². The molecule has 200 valence electrons. The summed E-state index contributed by atoms with van der Waals surface area (Å²) in [6.45, 7) is 6.86. The molecule has 2 aliphatic carbocycles. The van der Waals surface area contributed by atoms with Crippen LogP contribution in [0.4, 0.5) is 14.6 Å². The number of nitrogens with zero attached hydrogens (tertiary/aromatic N) is 6. The molecule has 1 saturated heterocycles. The average Bonchev–Trinajstić information content (AvgIpc) is 3.11. The summed E-state index contributed by atoms with van der Waals surface area (Å²) in [5.41, 5.74) is 2.68. The van der Waals surface area contributed by atoms with Crippen LogP contribution in [0.5, 0.6) is 5.75 Å². The lowest BCUT2D eigenvalue weighted by Crippen LogP contribution is -2.62. The Morgan fingerprint density at radius 2 is 1.82 bits per heavy atom. The summed E-state index contributed by atoms with van der Waals surface area (Å²) in [5, 5.41) is 9.91. The summed E-state index contributed by atoms with van der Waals surface area (Å²) in [6.07, 6.45) is 1.79. The van der Waals surface area contributed by atoms with E-state index in [1.165, 1.54) is 0 Å². The van der Waals surface area contributed by atoms with Crippen LogP contribution in [-0.2, 0) is 13.1 Å². The van der Waals surface area contributed by atoms with Crippen molar-refractivity contribution in [1.29, 1.82) is 0 Å². The minimum Gasteiger partial charge on any atom is -0.493 e. The summed E-state index contributed by atoms with van der Waals surface area (Å²) in [6, 6.07) is 9.81. The lowest BCUT2D eigenvalue weighted by atomic mass is 9.57. The zero-order valence-corrected chi connectivity index (χ0v) is 22.6. The molecule has 10 heteroatoms. The highest BCUT2D eigenvalue weighted by molar-refractivity contribution is 6.30. The number of aryl methyl sites for hydroxylation is 1. The highest BCUT2D eigenvalue weighted by atomic mass is 35.5. The first-order valence-electron chi connectivity index (χ1n) is 13.2. The van der Waals surface area contributed by atoms with Gasteiger partial charge in [0.15, 0.2) is 17.4 Å². The van der Waals surface area contributed by atoms with Crippen LogP contribution in [0, 0.1) is 12.3 Å². The smallest absolute Gasteiger partial charge is 0.251 e. The molecule has 38 heavy (non-hydrogen) atoms. The van der Waals surface area contributed by atoms with Gasteiger partial charge in [-0.3, -0.25) is 9.47 Å². The Kier molecular flexibility index (Phi) is 5.18. The molecule has 3 fully saturated rings. The van der Waals surface area contributed by atoms with Crippen LogP contribution in [0.25, 0.3) is 5.69 Å². The average molecular weight is 541 g/mol. The molecule has 0 N–H and O–H groups in total. The molecule has 7 nitrogen and oxygen atoms in total. The Morgan fingerprint density at radius 1 is 1.05 bits per heavy atom. The van der Waals surface area contributed by atoms with Gasteiger partial charge in [-0.2, -0.15) is 0 Å². The minimum atomic E-state index is -2.61. The van der Waals surface area contributed by atoms with Crippen LogP contribution >= 0.6 is 11.6 Å². The highest BCUT2D eigenvalue weighted by Crippen LogP contribution is 2.57. The van der Waals surface area contributed by atoms with Gasteiger partial charge in [-0.1, -0.05) is 11.6 Å². The van der Waals surface area contributed by atoms with Gasteiger partial charge >= 0.3 is 0 Å². The van der Waals surface area contributed by atoms with Crippen molar-refractivity contribution in [2.75, 3.05) is 25.1 Å². The van der Waals surface area contributed by atoms with Gasteiger partial charge in [0, 0.05) is 60.1 Å². The van der Waals surface area contributed by atoms with Crippen molar-refractivity contribution in [3.63, 3.8) is 0 Å². The van der Waals surface area contributed by atoms with Gasteiger partial charge in [0.1, 0.15) is 5.82 Å². The molecule has 4 heterocycles. The van der Waals surface area contributed by atoms with E-state index in [0.29, 0.717) is 24.0 Å². The maximum Gasteiger partial charge on any atom is 0.251 e. The maximum atomic E-state index is 13.9. The Labute approximate surface area is 225 Å². The largest absolute Gasteiger partial charge is 0.493 e. The third-order valence-electron chi connectivity index (χ3n) is 9.05. The van der Waals surface area contributed by atoms with Gasteiger partial charge in [0.2, 0.25) is 0 Å². The van der Waals surface area contributed by atoms with E-state index in [1.807, 2.05) is 44.2 Å². The minimum absolute atomic E-state index is 0.140. The molecule has 0 unspecified atom stereocenters. The molecule has 0 atom stereocenters. The SMILES string of the molecule is COc1ccc(C)nc1N1CC2(CC(c3nnc4n3-c3ccc(Cl)cc3CN(C3(C)CC(F)(F)C3)C4)C2)C1. The first-order chi connectivity index (χ1) is 18.1. The number of hydrogen-bond acceptors (Lipinski definition) is 6. The second-order valence-corrected chi connectivity index (χ2v) is 12.5. The fraction of sp³-hybridized carbons (Fsp3) is 0.536. The molecule has 2 saturated carbocycles. The number of aromatic nitrogens is 4. The van der Waals surface area contributed by atoms with E-state index in [2.05, 4.69) is 24.6 Å². The van der Waals surface area contributed by atoms with Crippen LogP contribution < -0.4 is 9.64 Å². The summed E-state index contributed by atoms with van der Waals surface area (Å²) in [5.74, 6) is 1.18. The Bertz CT molecular complexity index is 1420. The van der Waals surface area contributed by atoms with Gasteiger partial charge in [0.25, 0.3) is 5.92 Å². The molecule has 0 radical (unpaired) electrons. The van der Waals surface area contributed by atoms with Gasteiger partial charge in [-0.15, -0.1) is 10.2 Å². The number of pyridine rings is 1. The summed E-state index contributed by atoms with van der Waals surface area (Å²) >= 11 is 6.39. The van der Waals surface area contributed by atoms with Crippen molar-refractivity contribution in [2.45, 2.75) is 70.0 Å². The molecule has 4 aliphatic rings. The van der Waals surface area contributed by atoms with Crippen molar-refractivity contribution < 1.29 is 13.5 Å². The predicted octanol–water partition coefficient (Wildman–Crippen LogP) is 5.52. The van der Waals surface area contributed by atoms with Crippen molar-refractivity contribution in [2.24, 2.45) is 5.41 Å². The molecule has 0 amide bonds. The van der Waals surface area contributed by atoms with Crippen molar-refractivity contribution in [3.05, 3.63) is 58.3 Å². The lowest BCUT2D eigenvalue weighted by molar-refractivity contribution is -0.173. The van der Waals surface area contributed by atoms with Crippen molar-refractivity contribution in [3.8, 4) is 11.4 Å². The van der Waals surface area contributed by atoms with Crippen molar-refractivity contribution in [1.82, 2.24) is 24.6 Å². The van der Waals surface area contributed by atoms with Gasteiger partial charge in [0.05, 0.1) is 19.3 Å². The fourth-order valence-corrected chi connectivity index (χ4v) is 7.41. The highest BCUT2D eigenvalue weighted by Gasteiger charge is 2.58. The number of ether oxygens (including phenoxy) is 1. The molecular formula is C28H31ClF2N6O. The first kappa shape index (κ1) is 24.3. The summed E-state index contributed by atoms with van der Waals surface area (Å²) < 4.78 is 35.6. The molecule has 7 rings (SSSR count). The Hall–Kier alpha value is -2.78. The van der Waals surface area contributed by atoms with E-state index in [1.54, 1.807) is 7.11 Å². The molecule has 2 aliphatic heterocycles. The zero-order chi connectivity index (χ0) is 26.4. The van der Waals surface area contributed by atoms with E-state index in [0.717, 1.165) is 66.1 Å². The van der Waals surface area contributed by atoms with Crippen LogP contribution in [0.15, 0.2) is 30.3 Å². The van der Waals surface area contributed by atoms with Crippen LogP contribution in [0.3, 0.4) is 0 Å². The second kappa shape index (κ2) is 8.11. The normalized spacial score (nSPS) is 23.1. The third-order valence-corrected chi connectivity index (χ3v) is 9.28. The fourth-order valence-electron chi connectivity index (χ4n) is 7.21. The Balaban J connectivity index is 1.14. The molecule has 0 bridgehead atoms. The number of benzene rings is 1. The van der Waals surface area contributed by atoms with Crippen molar-refractivity contribution >= 4 is 17.4 Å². The molecule has 2 aromatic heterocycles. The number of halogens is 3. The monoisotopic (exact) mass is 540 g/mol. The third kappa shape index (κ3) is 3.72. The Morgan fingerprint density at radius 3 is 2.53 bits per heavy atom. The second-order valence-electron chi connectivity index (χ2n) is 12.1. The van der Waals surface area contributed by atoms with E-state index < -0.39 is 11.5 Å². The first-order valence-corrected chi connectivity index (χ1v) is 13.6. The summed E-state index contributed by atoms with van der Waals surface area (Å²) in [4.78, 5) is 9.15. The van der Waals surface area contributed by atoms with Crippen LogP contribution in [0.2, 0.25) is 5.02 Å². The lowest BCUT2D eigenvalue weighted by Gasteiger charge is -2.59. The van der Waals surface area contributed by atoms with Crippen LogP contribution in [0.1, 0.15) is 61.4 Å². The number of alkyl halides is 2. The quantitative estimate of drug-likeness (QED) is 0.434. The van der Waals surface area contributed by atoms with E-state index in [9.17, 15) is 8.78 Å². The van der Waals surface area contributed by atoms with Crippen LogP contribution in [-0.4, -0.2) is 56.3 Å². The standard InChI is InChI=1S/C28H31ClF2N6O/c1-17-4-7-22(38-3)25(32-17)35-15-27(16-35)9-19(10-27)24-34-33-23-12-36(26(2)13-28(30,31)14-26)11-18-8-20(29)5-6-21(18)37(23)24/h4-8,19H,9-16H2,1-3H3. The van der Waals surface area contributed by atoms with E-state index in [-0.39, 0.29) is 18.3 Å². The number of anilines is 1. The van der Waals surface area contributed by atoms with E-state index in [4.69, 9.17) is 21.3 Å². The number of methoxy groups -OCH3 is 1. The number of fused-ring (bicyclic) bond motifs is 3. The molecule has 1 spiro atoms. The summed E-state index contributed by atoms with van der Waals surface area (Å²) in [7, 11) is 1.69. The molecule has 3 aromatic rings. The van der Waals surface area contributed by atoms with Gasteiger partial charge in [-0.05, 0) is 62.6 Å². The zero-order valence-electron chi connectivity index (χ0n) is 21.8. The predicted molar refractivity (Wildman–Crippen MR) is 140 cm³/mol. The number of rotatable bonds is 4. The maximum absolute atomic E-state index is 13.9. The number of hydrogen-bond donors (Lipinski definition) is 0. The molecule has 1 aromatic carbocycles. The molecular weight excluding hydrogens is 510 g/mol. The van der Waals surface area contributed by atoms with Gasteiger partial charge in [-0.25, -0.2) is 13.8 Å². The van der Waals surface area contributed by atoms with E-state index >= 15 is 0 Å².